The molecule has 92 valence electrons. The van der Waals surface area contributed by atoms with Crippen LogP contribution in [0.5, 0.6) is 0 Å². The molecule has 0 fully saturated rings. The van der Waals surface area contributed by atoms with Crippen molar-refractivity contribution < 1.29 is 18.3 Å². The molecule has 0 aromatic heterocycles. The van der Waals surface area contributed by atoms with Crippen molar-refractivity contribution in [2.45, 2.75) is 25.2 Å². The van der Waals surface area contributed by atoms with Crippen LogP contribution in [0.1, 0.15) is 18.1 Å². The second-order valence-corrected chi connectivity index (χ2v) is 3.47. The molecule has 0 bridgehead atoms. The number of benzene rings is 1. The number of hydrogen-bond acceptors (Lipinski definition) is 2. The minimum Gasteiger partial charge on any atom is -0.376 e. The van der Waals surface area contributed by atoms with Gasteiger partial charge in [0.1, 0.15) is 0 Å². The van der Waals surface area contributed by atoms with E-state index in [2.05, 4.69) is 0 Å². The van der Waals surface area contributed by atoms with E-state index in [9.17, 15) is 18.3 Å². The Kier molecular flexibility index (Phi) is 4.79. The third-order valence-corrected chi connectivity index (χ3v) is 2.30. The first-order chi connectivity index (χ1) is 6.79. The van der Waals surface area contributed by atoms with Crippen LogP contribution < -0.4 is 5.73 Å². The molecule has 0 aliphatic carbocycles. The summed E-state index contributed by atoms with van der Waals surface area (Å²) < 4.78 is 37.3. The fourth-order valence-electron chi connectivity index (χ4n) is 1.13. The van der Waals surface area contributed by atoms with Gasteiger partial charge in [-0.25, -0.2) is 0 Å². The average molecular weight is 256 g/mol. The van der Waals surface area contributed by atoms with Gasteiger partial charge in [0.2, 0.25) is 0 Å². The Bertz CT molecular complexity index is 335. The maximum absolute atomic E-state index is 12.4. The van der Waals surface area contributed by atoms with Crippen LogP contribution in [0.4, 0.5) is 13.2 Å². The Morgan fingerprint density at radius 3 is 1.94 bits per heavy atom. The topological polar surface area (TPSA) is 46.2 Å². The van der Waals surface area contributed by atoms with E-state index in [4.69, 9.17) is 5.73 Å². The molecule has 1 aromatic rings. The average Bonchev–Trinajstić information content (AvgIpc) is 2.16. The molecule has 0 heterocycles. The summed E-state index contributed by atoms with van der Waals surface area (Å²) in [4.78, 5) is 0. The van der Waals surface area contributed by atoms with Crippen molar-refractivity contribution in [3.8, 4) is 0 Å². The van der Waals surface area contributed by atoms with Crippen molar-refractivity contribution in [1.82, 2.24) is 0 Å². The molecular formula is C10H13ClF3NO. The maximum Gasteiger partial charge on any atom is 0.421 e. The van der Waals surface area contributed by atoms with Crippen LogP contribution in [0.2, 0.25) is 0 Å². The van der Waals surface area contributed by atoms with Gasteiger partial charge < -0.3 is 10.8 Å². The van der Waals surface area contributed by atoms with Gasteiger partial charge in [-0.15, -0.1) is 12.4 Å². The SMILES string of the molecule is CC(O)(c1ccc(CN)cc1)C(F)(F)F.Cl. The van der Waals surface area contributed by atoms with Crippen molar-refractivity contribution in [2.24, 2.45) is 5.73 Å². The summed E-state index contributed by atoms with van der Waals surface area (Å²) in [6.45, 7) is 0.985. The summed E-state index contributed by atoms with van der Waals surface area (Å²) in [5, 5.41) is 9.33. The summed E-state index contributed by atoms with van der Waals surface area (Å²) >= 11 is 0. The zero-order valence-electron chi connectivity index (χ0n) is 8.58. The Hall–Kier alpha value is -0.780. The van der Waals surface area contributed by atoms with Gasteiger partial charge in [0, 0.05) is 6.54 Å². The second kappa shape index (κ2) is 5.03. The summed E-state index contributed by atoms with van der Waals surface area (Å²) in [5.74, 6) is 0. The first-order valence-corrected chi connectivity index (χ1v) is 4.37. The zero-order valence-corrected chi connectivity index (χ0v) is 9.40. The third-order valence-electron chi connectivity index (χ3n) is 2.30. The highest BCUT2D eigenvalue weighted by molar-refractivity contribution is 5.85. The molecule has 1 rings (SSSR count). The minimum absolute atomic E-state index is 0. The van der Waals surface area contributed by atoms with Gasteiger partial charge in [0.15, 0.2) is 5.60 Å². The Morgan fingerprint density at radius 2 is 1.62 bits per heavy atom. The lowest BCUT2D eigenvalue weighted by molar-refractivity contribution is -0.258. The number of alkyl halides is 3. The number of rotatable bonds is 2. The van der Waals surface area contributed by atoms with Crippen molar-refractivity contribution >= 4 is 12.4 Å². The maximum atomic E-state index is 12.4. The van der Waals surface area contributed by atoms with Crippen LogP contribution in [-0.4, -0.2) is 11.3 Å². The quantitative estimate of drug-likeness (QED) is 0.852. The lowest BCUT2D eigenvalue weighted by Crippen LogP contribution is -2.39. The fraction of sp³-hybridized carbons (Fsp3) is 0.400. The molecule has 16 heavy (non-hydrogen) atoms. The first kappa shape index (κ1) is 15.2. The molecule has 1 atom stereocenters. The molecule has 3 N–H and O–H groups in total. The van der Waals surface area contributed by atoms with Gasteiger partial charge in [-0.05, 0) is 18.1 Å². The molecule has 0 saturated heterocycles. The molecular weight excluding hydrogens is 243 g/mol. The molecule has 0 aliphatic heterocycles. The van der Waals surface area contributed by atoms with Crippen molar-refractivity contribution in [1.29, 1.82) is 0 Å². The van der Waals surface area contributed by atoms with E-state index in [-0.39, 0.29) is 24.5 Å². The predicted molar refractivity (Wildman–Crippen MR) is 57.2 cm³/mol. The summed E-state index contributed by atoms with van der Waals surface area (Å²) in [6, 6.07) is 5.40. The van der Waals surface area contributed by atoms with E-state index in [1.165, 1.54) is 24.3 Å². The van der Waals surface area contributed by atoms with Gasteiger partial charge in [0.05, 0.1) is 0 Å². The summed E-state index contributed by atoms with van der Waals surface area (Å²) in [6.07, 6.45) is -4.68. The highest BCUT2D eigenvalue weighted by Crippen LogP contribution is 2.38. The lowest BCUT2D eigenvalue weighted by atomic mass is 9.94. The minimum atomic E-state index is -4.68. The van der Waals surface area contributed by atoms with Crippen LogP contribution in [0.25, 0.3) is 0 Å². The standard InChI is InChI=1S/C10H12F3NO.ClH/c1-9(15,10(11,12)13)8-4-2-7(6-14)3-5-8;/h2-5,15H,6,14H2,1H3;1H. The molecule has 2 nitrogen and oxygen atoms in total. The molecule has 0 saturated carbocycles. The number of nitrogens with two attached hydrogens (primary N) is 1. The predicted octanol–water partition coefficient (Wildman–Crippen LogP) is 2.34. The van der Waals surface area contributed by atoms with Gasteiger partial charge in [-0.1, -0.05) is 24.3 Å². The molecule has 0 spiro atoms. The zero-order chi connectivity index (χ0) is 11.7. The van der Waals surface area contributed by atoms with Crippen LogP contribution in [0.3, 0.4) is 0 Å². The van der Waals surface area contributed by atoms with Crippen LogP contribution in [0, 0.1) is 0 Å². The monoisotopic (exact) mass is 255 g/mol. The lowest BCUT2D eigenvalue weighted by Gasteiger charge is -2.26. The molecule has 0 radical (unpaired) electrons. The number of aliphatic hydroxyl groups is 1. The van der Waals surface area contributed by atoms with E-state index in [1.807, 2.05) is 0 Å². The molecule has 0 amide bonds. The Balaban J connectivity index is 0.00000225. The van der Waals surface area contributed by atoms with E-state index in [0.717, 1.165) is 12.5 Å². The molecule has 1 aromatic carbocycles. The Morgan fingerprint density at radius 1 is 1.19 bits per heavy atom. The van der Waals surface area contributed by atoms with Crippen molar-refractivity contribution in [3.05, 3.63) is 35.4 Å². The largest absolute Gasteiger partial charge is 0.421 e. The smallest absolute Gasteiger partial charge is 0.376 e. The summed E-state index contributed by atoms with van der Waals surface area (Å²) in [5.41, 5.74) is 3.02. The Labute approximate surface area is 97.7 Å². The van der Waals surface area contributed by atoms with Crippen LogP contribution in [-0.2, 0) is 12.1 Å². The van der Waals surface area contributed by atoms with Crippen molar-refractivity contribution in [3.63, 3.8) is 0 Å². The number of halogens is 4. The van der Waals surface area contributed by atoms with Gasteiger partial charge in [-0.3, -0.25) is 0 Å². The third kappa shape index (κ3) is 2.87. The van der Waals surface area contributed by atoms with Gasteiger partial charge in [-0.2, -0.15) is 13.2 Å². The first-order valence-electron chi connectivity index (χ1n) is 4.37. The normalized spacial score (nSPS) is 15.1. The van der Waals surface area contributed by atoms with E-state index in [0.29, 0.717) is 0 Å². The molecule has 0 aliphatic rings. The van der Waals surface area contributed by atoms with Gasteiger partial charge >= 0.3 is 6.18 Å². The molecule has 1 unspecified atom stereocenters. The van der Waals surface area contributed by atoms with E-state index < -0.39 is 11.8 Å². The summed E-state index contributed by atoms with van der Waals surface area (Å²) in [7, 11) is 0. The highest BCUT2D eigenvalue weighted by Gasteiger charge is 2.50. The fourth-order valence-corrected chi connectivity index (χ4v) is 1.13. The van der Waals surface area contributed by atoms with Gasteiger partial charge in [0.25, 0.3) is 0 Å². The van der Waals surface area contributed by atoms with E-state index in [1.54, 1.807) is 0 Å². The van der Waals surface area contributed by atoms with E-state index >= 15 is 0 Å². The molecule has 6 heteroatoms. The second-order valence-electron chi connectivity index (χ2n) is 3.47. The van der Waals surface area contributed by atoms with Crippen LogP contribution >= 0.6 is 12.4 Å². The van der Waals surface area contributed by atoms with Crippen molar-refractivity contribution in [2.75, 3.05) is 0 Å². The highest BCUT2D eigenvalue weighted by atomic mass is 35.5. The number of hydrogen-bond donors (Lipinski definition) is 2. The van der Waals surface area contributed by atoms with Crippen LogP contribution in [0.15, 0.2) is 24.3 Å².